The third-order valence-corrected chi connectivity index (χ3v) is 3.41. The zero-order chi connectivity index (χ0) is 14.2. The van der Waals surface area contributed by atoms with Crippen LogP contribution in [0.3, 0.4) is 0 Å². The van der Waals surface area contributed by atoms with Gasteiger partial charge >= 0.3 is 0 Å². The molecule has 2 aromatic carbocycles. The van der Waals surface area contributed by atoms with Crippen LogP contribution in [-0.2, 0) is 0 Å². The Morgan fingerprint density at radius 2 is 1.48 bits per heavy atom. The summed E-state index contributed by atoms with van der Waals surface area (Å²) in [6.45, 7) is 1.94. The molecule has 0 N–H and O–H groups in total. The maximum atomic E-state index is 4.66. The summed E-state index contributed by atoms with van der Waals surface area (Å²) < 4.78 is 0. The van der Waals surface area contributed by atoms with E-state index in [4.69, 9.17) is 0 Å². The summed E-state index contributed by atoms with van der Waals surface area (Å²) in [7, 11) is 0. The van der Waals surface area contributed by atoms with Crippen molar-refractivity contribution >= 4 is 22.1 Å². The van der Waals surface area contributed by atoms with E-state index < -0.39 is 0 Å². The highest BCUT2D eigenvalue weighted by molar-refractivity contribution is 5.82. The maximum absolute atomic E-state index is 4.66. The standard InChI is InChI=1S/C17H12N4/c1-11-9-18-16-8-12(6-7-15(16)20-11)17-10-19-13-4-2-3-5-14(13)21-17/h2-10H,1H3. The first kappa shape index (κ1) is 11.9. The van der Waals surface area contributed by atoms with Crippen molar-refractivity contribution < 1.29 is 0 Å². The van der Waals surface area contributed by atoms with Gasteiger partial charge in [0.1, 0.15) is 0 Å². The zero-order valence-corrected chi connectivity index (χ0v) is 11.5. The van der Waals surface area contributed by atoms with Crippen LogP contribution in [0.4, 0.5) is 0 Å². The molecule has 0 aliphatic carbocycles. The lowest BCUT2D eigenvalue weighted by atomic mass is 10.1. The van der Waals surface area contributed by atoms with E-state index in [0.29, 0.717) is 0 Å². The molecule has 0 aliphatic heterocycles. The number of para-hydroxylation sites is 2. The Morgan fingerprint density at radius 1 is 0.714 bits per heavy atom. The van der Waals surface area contributed by atoms with Crippen LogP contribution in [0, 0.1) is 6.92 Å². The fraction of sp³-hybridized carbons (Fsp3) is 0.0588. The molecular weight excluding hydrogens is 260 g/mol. The topological polar surface area (TPSA) is 51.6 Å². The molecule has 0 fully saturated rings. The number of aryl methyl sites for hydroxylation is 1. The minimum Gasteiger partial charge on any atom is -0.253 e. The molecule has 0 saturated carbocycles. The number of benzene rings is 2. The van der Waals surface area contributed by atoms with Gasteiger partial charge in [0.05, 0.1) is 39.7 Å². The lowest BCUT2D eigenvalue weighted by molar-refractivity contribution is 1.18. The van der Waals surface area contributed by atoms with E-state index in [1.54, 1.807) is 12.4 Å². The molecule has 0 aliphatic rings. The third-order valence-electron chi connectivity index (χ3n) is 3.41. The van der Waals surface area contributed by atoms with Gasteiger partial charge in [-0.25, -0.2) is 9.97 Å². The van der Waals surface area contributed by atoms with Crippen molar-refractivity contribution in [2.24, 2.45) is 0 Å². The molecule has 0 spiro atoms. The number of hydrogen-bond acceptors (Lipinski definition) is 4. The minimum atomic E-state index is 0.845. The predicted octanol–water partition coefficient (Wildman–Crippen LogP) is 3.55. The Hall–Kier alpha value is -2.88. The van der Waals surface area contributed by atoms with Crippen molar-refractivity contribution in [3.63, 3.8) is 0 Å². The van der Waals surface area contributed by atoms with Crippen LogP contribution in [0.1, 0.15) is 5.69 Å². The monoisotopic (exact) mass is 272 g/mol. The first-order valence-corrected chi connectivity index (χ1v) is 6.75. The van der Waals surface area contributed by atoms with Gasteiger partial charge in [-0.2, -0.15) is 0 Å². The molecule has 100 valence electrons. The number of aromatic nitrogens is 4. The summed E-state index contributed by atoms with van der Waals surface area (Å²) >= 11 is 0. The molecule has 0 saturated heterocycles. The van der Waals surface area contributed by atoms with E-state index in [2.05, 4.69) is 19.9 Å². The van der Waals surface area contributed by atoms with Crippen LogP contribution in [0.5, 0.6) is 0 Å². The van der Waals surface area contributed by atoms with Crippen LogP contribution >= 0.6 is 0 Å². The van der Waals surface area contributed by atoms with Gasteiger partial charge in [-0.15, -0.1) is 0 Å². The van der Waals surface area contributed by atoms with Gasteiger partial charge in [-0.05, 0) is 31.2 Å². The maximum Gasteiger partial charge on any atom is 0.0894 e. The molecule has 21 heavy (non-hydrogen) atoms. The first-order valence-electron chi connectivity index (χ1n) is 6.75. The number of hydrogen-bond donors (Lipinski definition) is 0. The Labute approximate surface area is 121 Å². The molecule has 4 aromatic rings. The SMILES string of the molecule is Cc1cnc2cc(-c3cnc4ccccc4n3)ccc2n1. The lowest BCUT2D eigenvalue weighted by Gasteiger charge is -2.04. The van der Waals surface area contributed by atoms with Crippen LogP contribution in [0.2, 0.25) is 0 Å². The average Bonchev–Trinajstić information content (AvgIpc) is 2.54. The average molecular weight is 272 g/mol. The summed E-state index contributed by atoms with van der Waals surface area (Å²) in [6.07, 6.45) is 3.57. The third kappa shape index (κ3) is 2.10. The van der Waals surface area contributed by atoms with Crippen molar-refractivity contribution in [2.45, 2.75) is 6.92 Å². The van der Waals surface area contributed by atoms with Gasteiger partial charge in [-0.1, -0.05) is 18.2 Å². The largest absolute Gasteiger partial charge is 0.253 e. The zero-order valence-electron chi connectivity index (χ0n) is 11.5. The molecule has 2 aromatic heterocycles. The second-order valence-electron chi connectivity index (χ2n) is 4.96. The smallest absolute Gasteiger partial charge is 0.0894 e. The van der Waals surface area contributed by atoms with E-state index in [9.17, 15) is 0 Å². The van der Waals surface area contributed by atoms with Gasteiger partial charge in [-0.3, -0.25) is 9.97 Å². The molecular formula is C17H12N4. The Balaban J connectivity index is 1.89. The van der Waals surface area contributed by atoms with Gasteiger partial charge in [0.15, 0.2) is 0 Å². The Morgan fingerprint density at radius 3 is 2.38 bits per heavy atom. The van der Waals surface area contributed by atoms with Gasteiger partial charge in [0.2, 0.25) is 0 Å². The summed E-state index contributed by atoms with van der Waals surface area (Å²) in [4.78, 5) is 18.0. The predicted molar refractivity (Wildman–Crippen MR) is 82.8 cm³/mol. The summed E-state index contributed by atoms with van der Waals surface area (Å²) in [5.74, 6) is 0. The van der Waals surface area contributed by atoms with E-state index in [1.807, 2.05) is 49.4 Å². The molecule has 4 rings (SSSR count). The van der Waals surface area contributed by atoms with E-state index in [1.165, 1.54) is 0 Å². The van der Waals surface area contributed by atoms with Crippen LogP contribution in [-0.4, -0.2) is 19.9 Å². The molecule has 4 nitrogen and oxygen atoms in total. The Bertz CT molecular complexity index is 963. The number of nitrogens with zero attached hydrogens (tertiary/aromatic N) is 4. The van der Waals surface area contributed by atoms with E-state index in [-0.39, 0.29) is 0 Å². The van der Waals surface area contributed by atoms with Gasteiger partial charge in [0.25, 0.3) is 0 Å². The molecule has 4 heteroatoms. The molecule has 0 radical (unpaired) electrons. The molecule has 0 amide bonds. The minimum absolute atomic E-state index is 0.845. The van der Waals surface area contributed by atoms with E-state index in [0.717, 1.165) is 39.0 Å². The molecule has 0 bridgehead atoms. The normalized spacial score (nSPS) is 11.1. The van der Waals surface area contributed by atoms with E-state index >= 15 is 0 Å². The van der Waals surface area contributed by atoms with Crippen molar-refractivity contribution in [2.75, 3.05) is 0 Å². The van der Waals surface area contributed by atoms with Crippen molar-refractivity contribution in [1.29, 1.82) is 0 Å². The van der Waals surface area contributed by atoms with Crippen LogP contribution < -0.4 is 0 Å². The number of rotatable bonds is 1. The fourth-order valence-electron chi connectivity index (χ4n) is 2.36. The second-order valence-corrected chi connectivity index (χ2v) is 4.96. The molecule has 2 heterocycles. The number of fused-ring (bicyclic) bond motifs is 2. The van der Waals surface area contributed by atoms with Crippen molar-refractivity contribution in [1.82, 2.24) is 19.9 Å². The van der Waals surface area contributed by atoms with Gasteiger partial charge in [0, 0.05) is 11.8 Å². The highest BCUT2D eigenvalue weighted by Gasteiger charge is 2.05. The highest BCUT2D eigenvalue weighted by atomic mass is 14.8. The Kier molecular flexibility index (Phi) is 2.60. The highest BCUT2D eigenvalue weighted by Crippen LogP contribution is 2.22. The summed E-state index contributed by atoms with van der Waals surface area (Å²) in [5.41, 5.74) is 6.32. The first-order chi connectivity index (χ1) is 10.3. The summed E-state index contributed by atoms with van der Waals surface area (Å²) in [5, 5.41) is 0. The fourth-order valence-corrected chi connectivity index (χ4v) is 2.36. The molecule has 0 atom stereocenters. The van der Waals surface area contributed by atoms with Crippen LogP contribution in [0.25, 0.3) is 33.3 Å². The van der Waals surface area contributed by atoms with Gasteiger partial charge < -0.3 is 0 Å². The lowest BCUT2D eigenvalue weighted by Crippen LogP contribution is -1.91. The molecule has 0 unspecified atom stereocenters. The van der Waals surface area contributed by atoms with Crippen LogP contribution in [0.15, 0.2) is 54.9 Å². The second kappa shape index (κ2) is 4.59. The quantitative estimate of drug-likeness (QED) is 0.531. The van der Waals surface area contributed by atoms with Crippen molar-refractivity contribution in [3.05, 3.63) is 60.6 Å². The van der Waals surface area contributed by atoms with Crippen molar-refractivity contribution in [3.8, 4) is 11.3 Å². The summed E-state index contributed by atoms with van der Waals surface area (Å²) in [6, 6.07) is 13.8.